The summed E-state index contributed by atoms with van der Waals surface area (Å²) >= 11 is 0. The smallest absolute Gasteiger partial charge is 0.345 e. The van der Waals surface area contributed by atoms with Crippen molar-refractivity contribution in [1.29, 1.82) is 0 Å². The van der Waals surface area contributed by atoms with Gasteiger partial charge in [0.05, 0.1) is 19.9 Å². The Morgan fingerprint density at radius 1 is 1.25 bits per heavy atom. The topological polar surface area (TPSA) is 102 Å². The van der Waals surface area contributed by atoms with Gasteiger partial charge in [0.25, 0.3) is 0 Å². The molecule has 1 aromatic carbocycles. The predicted octanol–water partition coefficient (Wildman–Crippen LogP) is 1.15. The Morgan fingerprint density at radius 2 is 1.95 bits per heavy atom. The highest BCUT2D eigenvalue weighted by molar-refractivity contribution is 5.94. The van der Waals surface area contributed by atoms with Crippen molar-refractivity contribution < 1.29 is 19.4 Å². The second kappa shape index (κ2) is 5.43. The second-order valence-electron chi connectivity index (χ2n) is 3.85. The molecule has 0 aliphatic carbocycles. The number of carboxylic acid groups (broad SMARTS) is 1. The van der Waals surface area contributed by atoms with Gasteiger partial charge < -0.3 is 19.6 Å². The van der Waals surface area contributed by atoms with Crippen molar-refractivity contribution in [2.24, 2.45) is 0 Å². The number of methoxy groups -OCH3 is 2. The Bertz CT molecular complexity index is 708. The maximum absolute atomic E-state index is 11.3. The van der Waals surface area contributed by atoms with Crippen LogP contribution in [0.4, 0.5) is 0 Å². The van der Waals surface area contributed by atoms with Crippen LogP contribution in [-0.2, 0) is 0 Å². The van der Waals surface area contributed by atoms with E-state index in [1.54, 1.807) is 18.2 Å². The minimum absolute atomic E-state index is 0.100. The Kier molecular flexibility index (Phi) is 3.69. The number of aromatic amines is 1. The third kappa shape index (κ3) is 2.46. The van der Waals surface area contributed by atoms with Crippen LogP contribution >= 0.6 is 0 Å². The van der Waals surface area contributed by atoms with E-state index in [0.717, 1.165) is 6.20 Å². The third-order valence-electron chi connectivity index (χ3n) is 2.71. The summed E-state index contributed by atoms with van der Waals surface area (Å²) in [5.74, 6) is -0.248. The van der Waals surface area contributed by atoms with Gasteiger partial charge in [0, 0.05) is 11.8 Å². The molecule has 7 heteroatoms. The Morgan fingerprint density at radius 3 is 2.55 bits per heavy atom. The molecule has 0 aliphatic rings. The van der Waals surface area contributed by atoms with Gasteiger partial charge in [0.2, 0.25) is 0 Å². The van der Waals surface area contributed by atoms with Crippen LogP contribution in [0.15, 0.2) is 29.2 Å². The van der Waals surface area contributed by atoms with Crippen LogP contribution in [0.5, 0.6) is 11.5 Å². The molecule has 0 atom stereocenters. The molecule has 0 spiro atoms. The molecule has 0 aliphatic heterocycles. The van der Waals surface area contributed by atoms with E-state index >= 15 is 0 Å². The molecule has 0 saturated carbocycles. The molecular formula is C13H12N2O5. The maximum atomic E-state index is 11.3. The first-order chi connectivity index (χ1) is 9.56. The van der Waals surface area contributed by atoms with E-state index in [-0.39, 0.29) is 11.3 Å². The van der Waals surface area contributed by atoms with Crippen LogP contribution in [-0.4, -0.2) is 35.3 Å². The molecule has 2 rings (SSSR count). The third-order valence-corrected chi connectivity index (χ3v) is 2.71. The largest absolute Gasteiger partial charge is 0.493 e. The number of rotatable bonds is 4. The lowest BCUT2D eigenvalue weighted by molar-refractivity contribution is 0.0697. The molecule has 0 radical (unpaired) electrons. The van der Waals surface area contributed by atoms with E-state index in [4.69, 9.17) is 14.6 Å². The van der Waals surface area contributed by atoms with Gasteiger partial charge >= 0.3 is 11.7 Å². The van der Waals surface area contributed by atoms with Gasteiger partial charge in [-0.25, -0.2) is 14.6 Å². The maximum Gasteiger partial charge on any atom is 0.345 e. The lowest BCUT2D eigenvalue weighted by atomic mass is 10.1. The van der Waals surface area contributed by atoms with Crippen molar-refractivity contribution in [2.75, 3.05) is 14.2 Å². The summed E-state index contributed by atoms with van der Waals surface area (Å²) < 4.78 is 10.3. The van der Waals surface area contributed by atoms with Crippen LogP contribution in [0.1, 0.15) is 10.4 Å². The lowest BCUT2D eigenvalue weighted by Crippen LogP contribution is -2.15. The zero-order valence-electron chi connectivity index (χ0n) is 10.8. The summed E-state index contributed by atoms with van der Waals surface area (Å²) in [6, 6.07) is 4.83. The van der Waals surface area contributed by atoms with E-state index in [1.165, 1.54) is 14.2 Å². The Balaban J connectivity index is 2.65. The highest BCUT2D eigenvalue weighted by atomic mass is 16.5. The normalized spacial score (nSPS) is 10.1. The molecule has 0 amide bonds. The highest BCUT2D eigenvalue weighted by Crippen LogP contribution is 2.32. The quantitative estimate of drug-likeness (QED) is 0.868. The zero-order chi connectivity index (χ0) is 14.7. The number of ether oxygens (including phenoxy) is 2. The minimum atomic E-state index is -1.18. The van der Waals surface area contributed by atoms with Crippen molar-refractivity contribution in [3.05, 3.63) is 40.4 Å². The molecule has 1 aromatic heterocycles. The number of nitrogens with one attached hydrogen (secondary N) is 1. The van der Waals surface area contributed by atoms with Gasteiger partial charge in [0.1, 0.15) is 5.56 Å². The molecule has 104 valence electrons. The van der Waals surface area contributed by atoms with Crippen LogP contribution in [0.2, 0.25) is 0 Å². The standard InChI is InChI=1S/C13H12N2O5/c1-19-9-4-3-7(5-10(9)20-2)11-8(12(16)17)6-14-13(18)15-11/h3-6H,1-2H3,(H,16,17)(H,14,15,18). The number of hydrogen-bond acceptors (Lipinski definition) is 5. The van der Waals surface area contributed by atoms with E-state index in [9.17, 15) is 9.59 Å². The summed E-state index contributed by atoms with van der Waals surface area (Å²) in [7, 11) is 2.96. The number of aromatic carboxylic acids is 1. The van der Waals surface area contributed by atoms with Gasteiger partial charge in [-0.05, 0) is 18.2 Å². The number of carboxylic acids is 1. The van der Waals surface area contributed by atoms with Crippen LogP contribution < -0.4 is 15.2 Å². The number of aromatic nitrogens is 2. The number of benzene rings is 1. The summed E-state index contributed by atoms with van der Waals surface area (Å²) in [5, 5.41) is 9.13. The first-order valence-corrected chi connectivity index (χ1v) is 5.62. The fraction of sp³-hybridized carbons (Fsp3) is 0.154. The van der Waals surface area contributed by atoms with Gasteiger partial charge in [-0.15, -0.1) is 0 Å². The number of H-pyrrole nitrogens is 1. The number of carbonyl (C=O) groups is 1. The Hall–Kier alpha value is -2.83. The number of hydrogen-bond donors (Lipinski definition) is 2. The van der Waals surface area contributed by atoms with Crippen LogP contribution in [0.25, 0.3) is 11.3 Å². The van der Waals surface area contributed by atoms with Crippen LogP contribution in [0.3, 0.4) is 0 Å². The second-order valence-corrected chi connectivity index (χ2v) is 3.85. The van der Waals surface area contributed by atoms with Crippen molar-refractivity contribution in [3.63, 3.8) is 0 Å². The molecule has 7 nitrogen and oxygen atoms in total. The summed E-state index contributed by atoms with van der Waals surface area (Å²) in [5.41, 5.74) is -0.0744. The van der Waals surface area contributed by atoms with Gasteiger partial charge in [-0.3, -0.25) is 0 Å². The van der Waals surface area contributed by atoms with E-state index in [2.05, 4.69) is 9.97 Å². The zero-order valence-corrected chi connectivity index (χ0v) is 10.8. The summed E-state index contributed by atoms with van der Waals surface area (Å²) in [6.07, 6.45) is 1.02. The molecule has 0 bridgehead atoms. The van der Waals surface area contributed by atoms with Crippen molar-refractivity contribution in [2.45, 2.75) is 0 Å². The van der Waals surface area contributed by atoms with Crippen molar-refractivity contribution in [1.82, 2.24) is 9.97 Å². The average Bonchev–Trinajstić information content (AvgIpc) is 2.46. The Labute approximate surface area is 113 Å². The van der Waals surface area contributed by atoms with Crippen LogP contribution in [0, 0.1) is 0 Å². The van der Waals surface area contributed by atoms with E-state index in [1.807, 2.05) is 0 Å². The first kappa shape index (κ1) is 13.6. The molecule has 2 aromatic rings. The molecule has 0 unspecified atom stereocenters. The van der Waals surface area contributed by atoms with Gasteiger partial charge in [0.15, 0.2) is 11.5 Å². The van der Waals surface area contributed by atoms with Crippen molar-refractivity contribution >= 4 is 5.97 Å². The fourth-order valence-corrected chi connectivity index (χ4v) is 1.78. The molecule has 0 fully saturated rings. The van der Waals surface area contributed by atoms with Gasteiger partial charge in [-0.1, -0.05) is 0 Å². The first-order valence-electron chi connectivity index (χ1n) is 5.62. The van der Waals surface area contributed by atoms with Gasteiger partial charge in [-0.2, -0.15) is 0 Å². The van der Waals surface area contributed by atoms with Crippen molar-refractivity contribution in [3.8, 4) is 22.8 Å². The average molecular weight is 276 g/mol. The monoisotopic (exact) mass is 276 g/mol. The lowest BCUT2D eigenvalue weighted by Gasteiger charge is -2.10. The predicted molar refractivity (Wildman–Crippen MR) is 70.4 cm³/mol. The molecule has 20 heavy (non-hydrogen) atoms. The molecule has 0 saturated heterocycles. The number of nitrogens with zero attached hydrogens (tertiary/aromatic N) is 1. The van der Waals surface area contributed by atoms with E-state index < -0.39 is 11.7 Å². The minimum Gasteiger partial charge on any atom is -0.493 e. The molecular weight excluding hydrogens is 264 g/mol. The molecule has 1 heterocycles. The highest BCUT2D eigenvalue weighted by Gasteiger charge is 2.15. The summed E-state index contributed by atoms with van der Waals surface area (Å²) in [6.45, 7) is 0. The molecule has 2 N–H and O–H groups in total. The SMILES string of the molecule is COc1ccc(-c2[nH]c(=O)ncc2C(=O)O)cc1OC. The fourth-order valence-electron chi connectivity index (χ4n) is 1.78. The summed E-state index contributed by atoms with van der Waals surface area (Å²) in [4.78, 5) is 28.3. The van der Waals surface area contributed by atoms with E-state index in [0.29, 0.717) is 17.1 Å².